The Balaban J connectivity index is 2.55. The van der Waals surface area contributed by atoms with Gasteiger partial charge in [-0.25, -0.2) is 0 Å². The third-order valence-electron chi connectivity index (χ3n) is 3.65. The van der Waals surface area contributed by atoms with Gasteiger partial charge in [-0.2, -0.15) is 5.10 Å². The Labute approximate surface area is 110 Å². The number of aryl methyl sites for hydroxylation is 2. The molecule has 0 aromatic carbocycles. The number of hydrogen-bond acceptors (Lipinski definition) is 3. The van der Waals surface area contributed by atoms with E-state index < -0.39 is 5.60 Å². The van der Waals surface area contributed by atoms with Crippen LogP contribution in [-0.2, 0) is 19.5 Å². The van der Waals surface area contributed by atoms with Gasteiger partial charge in [0.05, 0.1) is 17.0 Å². The fourth-order valence-corrected chi connectivity index (χ4v) is 2.03. The molecule has 0 fully saturated rings. The third kappa shape index (κ3) is 3.82. The lowest BCUT2D eigenvalue weighted by molar-refractivity contribution is 0.0321. The van der Waals surface area contributed by atoms with E-state index in [1.807, 2.05) is 18.5 Å². The molecule has 1 aromatic rings. The summed E-state index contributed by atoms with van der Waals surface area (Å²) in [5, 5.41) is 18.1. The number of hydrogen-bond donors (Lipinski definition) is 2. The van der Waals surface area contributed by atoms with Gasteiger partial charge in [0.1, 0.15) is 0 Å². The number of rotatable bonds is 8. The summed E-state index contributed by atoms with van der Waals surface area (Å²) < 4.78 is 2.03. The number of nitrogens with one attached hydrogen (secondary N) is 1. The maximum Gasteiger partial charge on any atom is 0.0766 e. The molecule has 0 spiro atoms. The number of nitrogens with zero attached hydrogens (tertiary/aromatic N) is 2. The number of aromatic nitrogens is 2. The summed E-state index contributed by atoms with van der Waals surface area (Å²) in [4.78, 5) is 0. The summed E-state index contributed by atoms with van der Waals surface area (Å²) in [7, 11) is 0. The molecule has 1 heterocycles. The van der Waals surface area contributed by atoms with Crippen LogP contribution in [0.3, 0.4) is 0 Å². The molecule has 0 aliphatic rings. The minimum absolute atomic E-state index is 0.579. The SMILES string of the molecule is CCc1cc(CNCC(O)(CC)CC)n(CC)n1. The standard InChI is InChI=1S/C14H27N3O/c1-5-12-9-13(17(8-4)16-12)10-15-11-14(18,6-2)7-3/h9,15,18H,5-8,10-11H2,1-4H3. The van der Waals surface area contributed by atoms with Gasteiger partial charge in [0.25, 0.3) is 0 Å². The quantitative estimate of drug-likeness (QED) is 0.746. The lowest BCUT2D eigenvalue weighted by Crippen LogP contribution is -2.39. The lowest BCUT2D eigenvalue weighted by atomic mass is 9.98. The Kier molecular flexibility index (Phi) is 5.82. The molecule has 0 saturated heterocycles. The van der Waals surface area contributed by atoms with Crippen LogP contribution < -0.4 is 5.32 Å². The van der Waals surface area contributed by atoms with E-state index in [0.29, 0.717) is 6.54 Å². The molecule has 18 heavy (non-hydrogen) atoms. The van der Waals surface area contributed by atoms with Crippen molar-refractivity contribution in [1.29, 1.82) is 0 Å². The minimum atomic E-state index is -0.579. The smallest absolute Gasteiger partial charge is 0.0766 e. The first kappa shape index (κ1) is 15.2. The molecule has 1 rings (SSSR count). The van der Waals surface area contributed by atoms with Crippen molar-refractivity contribution in [1.82, 2.24) is 15.1 Å². The zero-order valence-electron chi connectivity index (χ0n) is 12.2. The van der Waals surface area contributed by atoms with Gasteiger partial charge >= 0.3 is 0 Å². The molecule has 0 unspecified atom stereocenters. The normalized spacial score (nSPS) is 12.1. The predicted octanol–water partition coefficient (Wildman–Crippen LogP) is 2.11. The van der Waals surface area contributed by atoms with Crippen molar-refractivity contribution < 1.29 is 5.11 Å². The molecule has 4 nitrogen and oxygen atoms in total. The first-order valence-corrected chi connectivity index (χ1v) is 7.07. The van der Waals surface area contributed by atoms with Crippen molar-refractivity contribution in [2.75, 3.05) is 6.54 Å². The van der Waals surface area contributed by atoms with Crippen molar-refractivity contribution in [2.24, 2.45) is 0 Å². The summed E-state index contributed by atoms with van der Waals surface area (Å²) in [6.07, 6.45) is 2.53. The zero-order valence-corrected chi connectivity index (χ0v) is 12.2. The van der Waals surface area contributed by atoms with E-state index in [-0.39, 0.29) is 0 Å². The second kappa shape index (κ2) is 6.90. The second-order valence-corrected chi connectivity index (χ2v) is 4.83. The molecule has 4 heteroatoms. The molecule has 104 valence electrons. The van der Waals surface area contributed by atoms with E-state index >= 15 is 0 Å². The summed E-state index contributed by atoms with van der Waals surface area (Å²) in [5.41, 5.74) is 1.75. The lowest BCUT2D eigenvalue weighted by Gasteiger charge is -2.25. The Morgan fingerprint density at radius 3 is 2.44 bits per heavy atom. The predicted molar refractivity (Wildman–Crippen MR) is 74.5 cm³/mol. The van der Waals surface area contributed by atoms with Gasteiger partial charge in [-0.3, -0.25) is 4.68 Å². The van der Waals surface area contributed by atoms with E-state index in [9.17, 15) is 5.11 Å². The molecular formula is C14H27N3O. The molecule has 0 radical (unpaired) electrons. The molecule has 0 aliphatic heterocycles. The topological polar surface area (TPSA) is 50.1 Å². The maximum absolute atomic E-state index is 10.2. The molecule has 0 amide bonds. The van der Waals surface area contributed by atoms with Gasteiger partial charge in [-0.1, -0.05) is 20.8 Å². The van der Waals surface area contributed by atoms with Gasteiger partial charge in [-0.05, 0) is 32.3 Å². The van der Waals surface area contributed by atoms with Crippen LogP contribution in [0.1, 0.15) is 51.9 Å². The molecule has 0 saturated carbocycles. The van der Waals surface area contributed by atoms with Gasteiger partial charge in [0.2, 0.25) is 0 Å². The fraction of sp³-hybridized carbons (Fsp3) is 0.786. The third-order valence-corrected chi connectivity index (χ3v) is 3.65. The molecule has 2 N–H and O–H groups in total. The van der Waals surface area contributed by atoms with Crippen molar-refractivity contribution in [3.05, 3.63) is 17.5 Å². The van der Waals surface area contributed by atoms with Crippen LogP contribution in [0.15, 0.2) is 6.07 Å². The van der Waals surface area contributed by atoms with Crippen LogP contribution in [0.4, 0.5) is 0 Å². The zero-order chi connectivity index (χ0) is 13.6. The molecule has 0 aliphatic carbocycles. The largest absolute Gasteiger partial charge is 0.389 e. The van der Waals surface area contributed by atoms with Crippen LogP contribution in [0.5, 0.6) is 0 Å². The van der Waals surface area contributed by atoms with Gasteiger partial charge in [0.15, 0.2) is 0 Å². The van der Waals surface area contributed by atoms with Crippen molar-refractivity contribution in [3.63, 3.8) is 0 Å². The Morgan fingerprint density at radius 2 is 1.94 bits per heavy atom. The van der Waals surface area contributed by atoms with E-state index in [4.69, 9.17) is 0 Å². The van der Waals surface area contributed by atoms with Crippen LogP contribution >= 0.6 is 0 Å². The Bertz CT molecular complexity index is 356. The highest BCUT2D eigenvalue weighted by Crippen LogP contribution is 2.13. The molecular weight excluding hydrogens is 226 g/mol. The fourth-order valence-electron chi connectivity index (χ4n) is 2.03. The molecule has 0 atom stereocenters. The summed E-state index contributed by atoms with van der Waals surface area (Å²) >= 11 is 0. The maximum atomic E-state index is 10.2. The highest BCUT2D eigenvalue weighted by Gasteiger charge is 2.21. The first-order valence-electron chi connectivity index (χ1n) is 7.07. The monoisotopic (exact) mass is 253 g/mol. The van der Waals surface area contributed by atoms with E-state index in [2.05, 4.69) is 30.3 Å². The van der Waals surface area contributed by atoms with E-state index in [1.165, 1.54) is 5.69 Å². The summed E-state index contributed by atoms with van der Waals surface area (Å²) in [6.45, 7) is 10.6. The van der Waals surface area contributed by atoms with E-state index in [0.717, 1.165) is 38.0 Å². The summed E-state index contributed by atoms with van der Waals surface area (Å²) in [5.74, 6) is 0. The minimum Gasteiger partial charge on any atom is -0.389 e. The van der Waals surface area contributed by atoms with Crippen molar-refractivity contribution in [3.8, 4) is 0 Å². The van der Waals surface area contributed by atoms with Gasteiger partial charge in [0, 0.05) is 19.6 Å². The van der Waals surface area contributed by atoms with Gasteiger partial charge < -0.3 is 10.4 Å². The highest BCUT2D eigenvalue weighted by molar-refractivity contribution is 5.10. The van der Waals surface area contributed by atoms with Crippen LogP contribution in [0.2, 0.25) is 0 Å². The van der Waals surface area contributed by atoms with Crippen molar-refractivity contribution >= 4 is 0 Å². The van der Waals surface area contributed by atoms with E-state index in [1.54, 1.807) is 0 Å². The Morgan fingerprint density at radius 1 is 1.28 bits per heavy atom. The average Bonchev–Trinajstić information content (AvgIpc) is 2.81. The van der Waals surface area contributed by atoms with Gasteiger partial charge in [-0.15, -0.1) is 0 Å². The molecule has 0 bridgehead atoms. The van der Waals surface area contributed by atoms with Crippen LogP contribution in [0, 0.1) is 0 Å². The molecule has 1 aromatic heterocycles. The second-order valence-electron chi connectivity index (χ2n) is 4.83. The van der Waals surface area contributed by atoms with Crippen LogP contribution in [0.25, 0.3) is 0 Å². The van der Waals surface area contributed by atoms with Crippen molar-refractivity contribution in [2.45, 2.75) is 65.6 Å². The Hall–Kier alpha value is -0.870. The first-order chi connectivity index (χ1) is 8.58. The average molecular weight is 253 g/mol. The summed E-state index contributed by atoms with van der Waals surface area (Å²) in [6, 6.07) is 2.15. The number of aliphatic hydroxyl groups is 1. The van der Waals surface area contributed by atoms with Crippen LogP contribution in [-0.4, -0.2) is 27.0 Å². The highest BCUT2D eigenvalue weighted by atomic mass is 16.3.